The second-order valence-corrected chi connectivity index (χ2v) is 5.02. The lowest BCUT2D eigenvalue weighted by atomic mass is 10.1. The number of likely N-dealkylation sites (N-methyl/N-ethyl adjacent to an activating group) is 1. The van der Waals surface area contributed by atoms with Gasteiger partial charge in [0.15, 0.2) is 0 Å². The minimum Gasteiger partial charge on any atom is -0.495 e. The number of methoxy groups -OCH3 is 1. The third-order valence-electron chi connectivity index (χ3n) is 3.60. The molecule has 1 heterocycles. The SMILES string of the molecule is COc1ccc(C)cc1N1CCN(C)CC1CN. The zero-order chi connectivity index (χ0) is 13.1. The van der Waals surface area contributed by atoms with Crippen molar-refractivity contribution in [3.63, 3.8) is 0 Å². The lowest BCUT2D eigenvalue weighted by Crippen LogP contribution is -2.55. The van der Waals surface area contributed by atoms with Gasteiger partial charge in [0, 0.05) is 26.2 Å². The van der Waals surface area contributed by atoms with Crippen LogP contribution in [0.3, 0.4) is 0 Å². The van der Waals surface area contributed by atoms with Gasteiger partial charge in [0.05, 0.1) is 18.8 Å². The van der Waals surface area contributed by atoms with Gasteiger partial charge in [0.1, 0.15) is 5.75 Å². The molecule has 0 saturated carbocycles. The highest BCUT2D eigenvalue weighted by Crippen LogP contribution is 2.31. The van der Waals surface area contributed by atoms with Crippen molar-refractivity contribution in [3.05, 3.63) is 23.8 Å². The van der Waals surface area contributed by atoms with E-state index in [4.69, 9.17) is 10.5 Å². The molecule has 1 aromatic rings. The molecule has 2 N–H and O–H groups in total. The van der Waals surface area contributed by atoms with Crippen LogP contribution in [0.1, 0.15) is 5.56 Å². The molecule has 4 nitrogen and oxygen atoms in total. The smallest absolute Gasteiger partial charge is 0.142 e. The summed E-state index contributed by atoms with van der Waals surface area (Å²) >= 11 is 0. The fourth-order valence-corrected chi connectivity index (χ4v) is 2.55. The summed E-state index contributed by atoms with van der Waals surface area (Å²) in [6, 6.07) is 6.67. The monoisotopic (exact) mass is 249 g/mol. The first-order chi connectivity index (χ1) is 8.65. The van der Waals surface area contributed by atoms with Gasteiger partial charge in [0.2, 0.25) is 0 Å². The number of benzene rings is 1. The van der Waals surface area contributed by atoms with Crippen molar-refractivity contribution >= 4 is 5.69 Å². The number of anilines is 1. The van der Waals surface area contributed by atoms with Crippen LogP contribution >= 0.6 is 0 Å². The molecule has 0 radical (unpaired) electrons. The van der Waals surface area contributed by atoms with Gasteiger partial charge in [-0.15, -0.1) is 0 Å². The molecule has 1 aliphatic heterocycles. The molecule has 1 aliphatic rings. The Kier molecular flexibility index (Phi) is 4.09. The zero-order valence-corrected chi connectivity index (χ0v) is 11.5. The number of ether oxygens (including phenoxy) is 1. The predicted molar refractivity (Wildman–Crippen MR) is 75.4 cm³/mol. The van der Waals surface area contributed by atoms with E-state index in [9.17, 15) is 0 Å². The average Bonchev–Trinajstić information content (AvgIpc) is 2.38. The van der Waals surface area contributed by atoms with E-state index in [2.05, 4.69) is 35.9 Å². The minimum absolute atomic E-state index is 0.361. The van der Waals surface area contributed by atoms with E-state index < -0.39 is 0 Å². The number of aryl methyl sites for hydroxylation is 1. The Morgan fingerprint density at radius 2 is 2.17 bits per heavy atom. The van der Waals surface area contributed by atoms with Crippen LogP contribution in [0, 0.1) is 6.92 Å². The van der Waals surface area contributed by atoms with Gasteiger partial charge in [-0.1, -0.05) is 6.07 Å². The molecule has 0 aromatic heterocycles. The van der Waals surface area contributed by atoms with Crippen LogP contribution in [0.25, 0.3) is 0 Å². The summed E-state index contributed by atoms with van der Waals surface area (Å²) in [6.45, 7) is 5.84. The van der Waals surface area contributed by atoms with E-state index in [1.165, 1.54) is 11.3 Å². The topological polar surface area (TPSA) is 41.7 Å². The quantitative estimate of drug-likeness (QED) is 0.870. The third-order valence-corrected chi connectivity index (χ3v) is 3.60. The molecule has 4 heteroatoms. The standard InChI is InChI=1S/C14H23N3O/c1-11-4-5-14(18-3)13(8-11)17-7-6-16(2)10-12(17)9-15/h4-5,8,12H,6-7,9-10,15H2,1-3H3. The summed E-state index contributed by atoms with van der Waals surface area (Å²) < 4.78 is 5.48. The highest BCUT2D eigenvalue weighted by atomic mass is 16.5. The number of rotatable bonds is 3. The maximum atomic E-state index is 5.91. The van der Waals surface area contributed by atoms with E-state index in [0.29, 0.717) is 12.6 Å². The van der Waals surface area contributed by atoms with Gasteiger partial charge in [-0.05, 0) is 31.7 Å². The maximum absolute atomic E-state index is 5.91. The summed E-state index contributed by atoms with van der Waals surface area (Å²) in [5.41, 5.74) is 8.33. The highest BCUT2D eigenvalue weighted by molar-refractivity contribution is 5.61. The van der Waals surface area contributed by atoms with Crippen molar-refractivity contribution in [2.24, 2.45) is 5.73 Å². The van der Waals surface area contributed by atoms with E-state index in [1.54, 1.807) is 7.11 Å². The van der Waals surface area contributed by atoms with Gasteiger partial charge in [-0.25, -0.2) is 0 Å². The Morgan fingerprint density at radius 3 is 2.83 bits per heavy atom. The molecule has 0 bridgehead atoms. The van der Waals surface area contributed by atoms with Gasteiger partial charge in [-0.3, -0.25) is 0 Å². The predicted octanol–water partition coefficient (Wildman–Crippen LogP) is 1.08. The van der Waals surface area contributed by atoms with Crippen LogP contribution in [-0.2, 0) is 0 Å². The van der Waals surface area contributed by atoms with Gasteiger partial charge < -0.3 is 20.3 Å². The van der Waals surface area contributed by atoms with Crippen molar-refractivity contribution in [1.29, 1.82) is 0 Å². The summed E-state index contributed by atoms with van der Waals surface area (Å²) in [4.78, 5) is 4.71. The van der Waals surface area contributed by atoms with Crippen molar-refractivity contribution in [2.45, 2.75) is 13.0 Å². The highest BCUT2D eigenvalue weighted by Gasteiger charge is 2.26. The first-order valence-electron chi connectivity index (χ1n) is 6.45. The van der Waals surface area contributed by atoms with E-state index in [-0.39, 0.29) is 0 Å². The number of nitrogens with zero attached hydrogens (tertiary/aromatic N) is 2. The summed E-state index contributed by atoms with van der Waals surface area (Å²) in [6.07, 6.45) is 0. The second-order valence-electron chi connectivity index (χ2n) is 5.02. The molecular formula is C14H23N3O. The summed E-state index contributed by atoms with van der Waals surface area (Å²) in [7, 11) is 3.87. The van der Waals surface area contributed by atoms with E-state index in [1.807, 2.05) is 6.07 Å². The molecule has 1 fully saturated rings. The summed E-state index contributed by atoms with van der Waals surface area (Å²) in [5.74, 6) is 0.934. The third kappa shape index (κ3) is 2.60. The summed E-state index contributed by atoms with van der Waals surface area (Å²) in [5, 5.41) is 0. The van der Waals surface area contributed by atoms with Gasteiger partial charge >= 0.3 is 0 Å². The first-order valence-corrected chi connectivity index (χ1v) is 6.45. The number of hydrogen-bond donors (Lipinski definition) is 1. The van der Waals surface area contributed by atoms with Gasteiger partial charge in [-0.2, -0.15) is 0 Å². The molecule has 1 atom stereocenters. The average molecular weight is 249 g/mol. The van der Waals surface area contributed by atoms with Gasteiger partial charge in [0.25, 0.3) is 0 Å². The zero-order valence-electron chi connectivity index (χ0n) is 11.5. The first kappa shape index (κ1) is 13.2. The Labute approximate surface area is 109 Å². The fraction of sp³-hybridized carbons (Fsp3) is 0.571. The van der Waals surface area contributed by atoms with Crippen LogP contribution in [-0.4, -0.2) is 51.3 Å². The molecule has 1 unspecified atom stereocenters. The number of hydrogen-bond acceptors (Lipinski definition) is 4. The molecule has 0 spiro atoms. The van der Waals surface area contributed by atoms with Crippen LogP contribution in [0.4, 0.5) is 5.69 Å². The molecule has 0 amide bonds. The minimum atomic E-state index is 0.361. The number of nitrogens with two attached hydrogens (primary N) is 1. The largest absolute Gasteiger partial charge is 0.495 e. The van der Waals surface area contributed by atoms with Crippen LogP contribution < -0.4 is 15.4 Å². The molecular weight excluding hydrogens is 226 g/mol. The Morgan fingerprint density at radius 1 is 1.39 bits per heavy atom. The molecule has 1 saturated heterocycles. The Bertz CT molecular complexity index is 408. The van der Waals surface area contributed by atoms with Crippen molar-refractivity contribution < 1.29 is 4.74 Å². The lowest BCUT2D eigenvalue weighted by molar-refractivity contribution is 0.268. The van der Waals surface area contributed by atoms with Crippen LogP contribution in [0.15, 0.2) is 18.2 Å². The molecule has 2 rings (SSSR count). The molecule has 18 heavy (non-hydrogen) atoms. The van der Waals surface area contributed by atoms with Crippen molar-refractivity contribution in [1.82, 2.24) is 4.90 Å². The second kappa shape index (κ2) is 5.59. The van der Waals surface area contributed by atoms with Crippen molar-refractivity contribution in [2.75, 3.05) is 45.2 Å². The van der Waals surface area contributed by atoms with E-state index in [0.717, 1.165) is 25.4 Å². The van der Waals surface area contributed by atoms with E-state index >= 15 is 0 Å². The maximum Gasteiger partial charge on any atom is 0.142 e. The Hall–Kier alpha value is -1.26. The Balaban J connectivity index is 2.31. The van der Waals surface area contributed by atoms with Crippen LogP contribution in [0.2, 0.25) is 0 Å². The molecule has 100 valence electrons. The fourth-order valence-electron chi connectivity index (χ4n) is 2.55. The normalized spacial score (nSPS) is 21.1. The molecule has 1 aromatic carbocycles. The lowest BCUT2D eigenvalue weighted by Gasteiger charge is -2.41. The molecule has 0 aliphatic carbocycles. The number of piperazine rings is 1. The van der Waals surface area contributed by atoms with Crippen molar-refractivity contribution in [3.8, 4) is 5.75 Å². The van der Waals surface area contributed by atoms with Crippen LogP contribution in [0.5, 0.6) is 5.75 Å².